The lowest BCUT2D eigenvalue weighted by molar-refractivity contribution is 0.0723. The molecule has 1 unspecified atom stereocenters. The lowest BCUT2D eigenvalue weighted by Gasteiger charge is -2.27. The Labute approximate surface area is 182 Å². The molecule has 2 N–H and O–H groups in total. The number of aromatic amines is 1. The Morgan fingerprint density at radius 3 is 2.39 bits per heavy atom. The summed E-state index contributed by atoms with van der Waals surface area (Å²) in [4.78, 5) is 15.2. The third-order valence-corrected chi connectivity index (χ3v) is 5.84. The van der Waals surface area contributed by atoms with Crippen LogP contribution in [0.1, 0.15) is 60.4 Å². The Balaban J connectivity index is 1.79. The van der Waals surface area contributed by atoms with Crippen LogP contribution in [0.5, 0.6) is 5.75 Å². The van der Waals surface area contributed by atoms with Crippen molar-refractivity contribution >= 4 is 5.91 Å². The van der Waals surface area contributed by atoms with Gasteiger partial charge in [-0.25, -0.2) is 0 Å². The number of nitrogens with zero attached hydrogens (tertiary/aromatic N) is 2. The number of aromatic nitrogens is 2. The van der Waals surface area contributed by atoms with Crippen molar-refractivity contribution in [3.63, 3.8) is 0 Å². The predicted octanol–water partition coefficient (Wildman–Crippen LogP) is 4.66. The second-order valence-electron chi connectivity index (χ2n) is 9.03. The van der Waals surface area contributed by atoms with Crippen molar-refractivity contribution in [1.82, 2.24) is 15.1 Å². The van der Waals surface area contributed by atoms with E-state index >= 15 is 0 Å². The number of carbonyl (C=O) groups excluding carboxylic acids is 1. The van der Waals surface area contributed by atoms with Crippen molar-refractivity contribution in [2.45, 2.75) is 38.6 Å². The summed E-state index contributed by atoms with van der Waals surface area (Å²) < 4.78 is 5.21. The van der Waals surface area contributed by atoms with Gasteiger partial charge in [-0.3, -0.25) is 9.89 Å². The van der Waals surface area contributed by atoms with Gasteiger partial charge in [0.25, 0.3) is 5.91 Å². The number of fused-ring (bicyclic) bond motifs is 1. The number of aromatic hydroxyl groups is 1. The molecule has 3 aromatic rings. The Bertz CT molecular complexity index is 1060. The van der Waals surface area contributed by atoms with Crippen LogP contribution in [0.2, 0.25) is 0 Å². The van der Waals surface area contributed by atoms with E-state index in [4.69, 9.17) is 4.74 Å². The maximum atomic E-state index is 13.3. The number of carbonyl (C=O) groups is 1. The van der Waals surface area contributed by atoms with Crippen LogP contribution >= 0.6 is 0 Å². The summed E-state index contributed by atoms with van der Waals surface area (Å²) in [6.07, 6.45) is 0.755. The number of rotatable bonds is 6. The molecule has 2 aromatic carbocycles. The molecule has 0 aliphatic carbocycles. The van der Waals surface area contributed by atoms with Gasteiger partial charge in [-0.1, -0.05) is 45.0 Å². The minimum Gasteiger partial charge on any atom is -0.508 e. The first-order chi connectivity index (χ1) is 14.8. The average molecular weight is 420 g/mol. The molecular formula is C25H29N3O3. The van der Waals surface area contributed by atoms with E-state index in [0.717, 1.165) is 28.8 Å². The van der Waals surface area contributed by atoms with Crippen LogP contribution in [0, 0.1) is 0 Å². The summed E-state index contributed by atoms with van der Waals surface area (Å²) in [6, 6.07) is 15.2. The molecule has 1 atom stereocenters. The van der Waals surface area contributed by atoms with E-state index in [1.54, 1.807) is 19.2 Å². The van der Waals surface area contributed by atoms with Crippen molar-refractivity contribution in [3.05, 3.63) is 70.9 Å². The number of benzene rings is 2. The molecular weight excluding hydrogens is 390 g/mol. The number of H-pyrrole nitrogens is 1. The first kappa shape index (κ1) is 21.1. The normalized spacial score (nSPS) is 16.1. The van der Waals surface area contributed by atoms with Gasteiger partial charge in [0.05, 0.1) is 11.7 Å². The molecule has 0 radical (unpaired) electrons. The molecule has 2 heterocycles. The van der Waals surface area contributed by atoms with Crippen molar-refractivity contribution in [2.24, 2.45) is 0 Å². The summed E-state index contributed by atoms with van der Waals surface area (Å²) in [5.74, 6) is 0.149. The highest BCUT2D eigenvalue weighted by molar-refractivity contribution is 6.00. The first-order valence-electron chi connectivity index (χ1n) is 10.6. The summed E-state index contributed by atoms with van der Waals surface area (Å²) in [6.45, 7) is 7.76. The van der Waals surface area contributed by atoms with Crippen LogP contribution in [-0.2, 0) is 10.2 Å². The molecule has 0 saturated heterocycles. The lowest BCUT2D eigenvalue weighted by atomic mass is 9.85. The van der Waals surface area contributed by atoms with Gasteiger partial charge in [0, 0.05) is 31.4 Å². The molecule has 1 aromatic heterocycles. The standard InChI is InChI=1S/C25H29N3O3/c1-25(2,3)18-10-6-17(7-11-18)23-20-21(16-8-12-19(29)13-9-16)26-27-22(20)24(30)28(23)14-5-15-31-4/h6-13,23,29H,5,14-15H2,1-4H3,(H,26,27). The minimum absolute atomic E-state index is 0.0477. The van der Waals surface area contributed by atoms with Crippen molar-refractivity contribution in [3.8, 4) is 17.0 Å². The Hall–Kier alpha value is -3.12. The SMILES string of the molecule is COCCCN1C(=O)c2[nH]nc(-c3ccc(O)cc3)c2C1c1ccc(C(C)(C)C)cc1. The van der Waals surface area contributed by atoms with Crippen LogP contribution in [0.4, 0.5) is 0 Å². The van der Waals surface area contributed by atoms with Crippen LogP contribution in [-0.4, -0.2) is 46.4 Å². The van der Waals surface area contributed by atoms with E-state index in [1.807, 2.05) is 17.0 Å². The quantitative estimate of drug-likeness (QED) is 0.570. The van der Waals surface area contributed by atoms with Gasteiger partial charge in [0.15, 0.2) is 0 Å². The molecule has 0 spiro atoms. The van der Waals surface area contributed by atoms with Crippen LogP contribution in [0.25, 0.3) is 11.3 Å². The summed E-state index contributed by atoms with van der Waals surface area (Å²) in [5, 5.41) is 17.1. The van der Waals surface area contributed by atoms with Gasteiger partial charge in [-0.15, -0.1) is 0 Å². The largest absolute Gasteiger partial charge is 0.508 e. The molecule has 4 rings (SSSR count). The molecule has 0 bridgehead atoms. The Morgan fingerprint density at radius 1 is 1.10 bits per heavy atom. The highest BCUT2D eigenvalue weighted by Gasteiger charge is 2.41. The summed E-state index contributed by atoms with van der Waals surface area (Å²) in [5.41, 5.74) is 5.37. The minimum atomic E-state index is -0.226. The number of methoxy groups -OCH3 is 1. The molecule has 1 amide bonds. The van der Waals surface area contributed by atoms with Crippen molar-refractivity contribution in [2.75, 3.05) is 20.3 Å². The Kier molecular flexibility index (Phi) is 5.58. The van der Waals surface area contributed by atoms with Gasteiger partial charge in [0.2, 0.25) is 0 Å². The molecule has 6 nitrogen and oxygen atoms in total. The Morgan fingerprint density at radius 2 is 1.77 bits per heavy atom. The lowest BCUT2D eigenvalue weighted by Crippen LogP contribution is -2.31. The van der Waals surface area contributed by atoms with Gasteiger partial charge in [0.1, 0.15) is 11.4 Å². The molecule has 6 heteroatoms. The molecule has 1 aliphatic rings. The van der Waals surface area contributed by atoms with E-state index in [2.05, 4.69) is 55.2 Å². The highest BCUT2D eigenvalue weighted by atomic mass is 16.5. The number of hydrogen-bond donors (Lipinski definition) is 2. The number of hydrogen-bond acceptors (Lipinski definition) is 4. The number of phenols is 1. The van der Waals surface area contributed by atoms with Gasteiger partial charge in [-0.05, 0) is 47.2 Å². The number of nitrogens with one attached hydrogen (secondary N) is 1. The summed E-state index contributed by atoms with van der Waals surface area (Å²) in [7, 11) is 1.67. The van der Waals surface area contributed by atoms with Crippen molar-refractivity contribution < 1.29 is 14.6 Å². The second kappa shape index (κ2) is 8.19. The van der Waals surface area contributed by atoms with Crippen LogP contribution in [0.15, 0.2) is 48.5 Å². The molecule has 0 fully saturated rings. The summed E-state index contributed by atoms with van der Waals surface area (Å²) >= 11 is 0. The number of amides is 1. The monoisotopic (exact) mass is 419 g/mol. The fourth-order valence-electron chi connectivity index (χ4n) is 4.16. The van der Waals surface area contributed by atoms with E-state index in [1.165, 1.54) is 5.56 Å². The third kappa shape index (κ3) is 3.95. The smallest absolute Gasteiger partial charge is 0.273 e. The van der Waals surface area contributed by atoms with Crippen LogP contribution in [0.3, 0.4) is 0 Å². The van der Waals surface area contributed by atoms with E-state index in [-0.39, 0.29) is 23.1 Å². The fourth-order valence-corrected chi connectivity index (χ4v) is 4.16. The zero-order valence-electron chi connectivity index (χ0n) is 18.5. The van der Waals surface area contributed by atoms with E-state index < -0.39 is 0 Å². The number of ether oxygens (including phenoxy) is 1. The van der Waals surface area contributed by atoms with E-state index in [9.17, 15) is 9.90 Å². The third-order valence-electron chi connectivity index (χ3n) is 5.84. The van der Waals surface area contributed by atoms with Gasteiger partial charge >= 0.3 is 0 Å². The van der Waals surface area contributed by atoms with Gasteiger partial charge in [-0.2, -0.15) is 5.10 Å². The highest BCUT2D eigenvalue weighted by Crippen LogP contribution is 2.43. The molecule has 0 saturated carbocycles. The molecule has 162 valence electrons. The van der Waals surface area contributed by atoms with Gasteiger partial charge < -0.3 is 14.7 Å². The topological polar surface area (TPSA) is 78.5 Å². The van der Waals surface area contributed by atoms with E-state index in [0.29, 0.717) is 18.8 Å². The van der Waals surface area contributed by atoms with Crippen LogP contribution < -0.4 is 0 Å². The zero-order valence-corrected chi connectivity index (χ0v) is 18.5. The second-order valence-corrected chi connectivity index (χ2v) is 9.03. The maximum Gasteiger partial charge on any atom is 0.273 e. The zero-order chi connectivity index (χ0) is 22.2. The maximum absolute atomic E-state index is 13.3. The van der Waals surface area contributed by atoms with Crippen molar-refractivity contribution in [1.29, 1.82) is 0 Å². The average Bonchev–Trinajstić information content (AvgIpc) is 3.28. The number of phenolic OH excluding ortho intramolecular Hbond substituents is 1. The predicted molar refractivity (Wildman–Crippen MR) is 120 cm³/mol. The first-order valence-corrected chi connectivity index (χ1v) is 10.6. The molecule has 1 aliphatic heterocycles. The molecule has 31 heavy (non-hydrogen) atoms. The fraction of sp³-hybridized carbons (Fsp3) is 0.360.